The van der Waals surface area contributed by atoms with Crippen molar-refractivity contribution in [1.29, 1.82) is 0 Å². The fraction of sp³-hybridized carbons (Fsp3) is 0.625. The van der Waals surface area contributed by atoms with Gasteiger partial charge >= 0.3 is 11.9 Å². The van der Waals surface area contributed by atoms with E-state index in [1.165, 1.54) is 0 Å². The molecule has 5 N–H and O–H groups in total. The summed E-state index contributed by atoms with van der Waals surface area (Å²) in [7, 11) is 0. The second-order valence-electron chi connectivity index (χ2n) is 9.02. The Morgan fingerprint density at radius 3 is 2.24 bits per heavy atom. The first kappa shape index (κ1) is 27.1. The zero-order valence-electron chi connectivity index (χ0n) is 18.9. The Balaban J connectivity index is 0.00000385. The van der Waals surface area contributed by atoms with Gasteiger partial charge in [-0.3, -0.25) is 14.9 Å². The number of halogens is 1. The van der Waals surface area contributed by atoms with Gasteiger partial charge in [0, 0.05) is 6.04 Å². The van der Waals surface area contributed by atoms with Crippen molar-refractivity contribution in [1.82, 2.24) is 10.2 Å². The molecule has 184 valence electrons. The molecule has 3 fully saturated rings. The number of carbonyl (C=O) groups excluding carboxylic acids is 1. The lowest BCUT2D eigenvalue weighted by molar-refractivity contribution is -0.164. The first-order valence-electron chi connectivity index (χ1n) is 11.7. The number of piperidine rings is 2. The minimum Gasteiger partial charge on any atom is -0.480 e. The van der Waals surface area contributed by atoms with E-state index in [1.54, 1.807) is 4.90 Å². The van der Waals surface area contributed by atoms with Crippen molar-refractivity contribution in [3.05, 3.63) is 35.9 Å². The van der Waals surface area contributed by atoms with Gasteiger partial charge in [-0.2, -0.15) is 0 Å². The number of benzene rings is 1. The van der Waals surface area contributed by atoms with Crippen LogP contribution >= 0.6 is 12.4 Å². The molecule has 4 rings (SSSR count). The van der Waals surface area contributed by atoms with Crippen LogP contribution in [0, 0.1) is 5.92 Å². The minimum atomic E-state index is -1.01. The number of hydrogen-bond acceptors (Lipinski definition) is 5. The Kier molecular flexibility index (Phi) is 10.6. The first-order valence-corrected chi connectivity index (χ1v) is 11.7. The molecule has 2 aliphatic heterocycles. The molecule has 2 saturated heterocycles. The summed E-state index contributed by atoms with van der Waals surface area (Å²) in [6, 6.07) is 7.10. The third-order valence-corrected chi connectivity index (χ3v) is 6.90. The highest BCUT2D eigenvalue weighted by Crippen LogP contribution is 2.40. The number of unbranched alkanes of at least 4 members (excludes halogenated alkanes) is 1. The Labute approximate surface area is 201 Å². The van der Waals surface area contributed by atoms with Crippen LogP contribution in [0.3, 0.4) is 0 Å². The standard InChI is InChI=1S/C24H35N3O5.ClH/c25-15-5-4-8-19(26-20(23(29)30)14-9-16-6-2-1-3-7-16)22(28)27-18-12-10-17(11-13-18)21(27)24(31)32;/h1-3,6-7,17-21,26H,4-5,8-15,25H2,(H,29,30)(H,31,32);1H/t17?,18?,19?,20-,21-;/m0./s1. The zero-order chi connectivity index (χ0) is 23.1. The Morgan fingerprint density at radius 2 is 1.67 bits per heavy atom. The molecule has 33 heavy (non-hydrogen) atoms. The lowest BCUT2D eigenvalue weighted by Gasteiger charge is -2.50. The van der Waals surface area contributed by atoms with Crippen molar-refractivity contribution in [2.24, 2.45) is 11.7 Å². The number of nitrogens with zero attached hydrogens (tertiary/aromatic N) is 1. The summed E-state index contributed by atoms with van der Waals surface area (Å²) in [5.41, 5.74) is 6.65. The third-order valence-electron chi connectivity index (χ3n) is 6.90. The largest absolute Gasteiger partial charge is 0.480 e. The normalized spacial score (nSPS) is 23.4. The summed E-state index contributed by atoms with van der Waals surface area (Å²) >= 11 is 0. The molecule has 1 aliphatic carbocycles. The third kappa shape index (κ3) is 6.91. The van der Waals surface area contributed by atoms with Crippen LogP contribution in [0.1, 0.15) is 56.9 Å². The molecule has 1 amide bonds. The van der Waals surface area contributed by atoms with Crippen LogP contribution in [0.25, 0.3) is 0 Å². The number of amides is 1. The van der Waals surface area contributed by atoms with Crippen LogP contribution in [0.5, 0.6) is 0 Å². The lowest BCUT2D eigenvalue weighted by Crippen LogP contribution is -2.64. The zero-order valence-corrected chi connectivity index (χ0v) is 19.7. The van der Waals surface area contributed by atoms with Gasteiger partial charge in [0.15, 0.2) is 0 Å². The first-order chi connectivity index (χ1) is 15.4. The lowest BCUT2D eigenvalue weighted by atomic mass is 9.74. The molecule has 9 heteroatoms. The van der Waals surface area contributed by atoms with Gasteiger partial charge in [0.2, 0.25) is 5.91 Å². The van der Waals surface area contributed by atoms with Crippen molar-refractivity contribution in [3.8, 4) is 0 Å². The van der Waals surface area contributed by atoms with E-state index in [0.717, 1.165) is 37.7 Å². The van der Waals surface area contributed by atoms with E-state index in [1.807, 2.05) is 30.3 Å². The molecule has 3 atom stereocenters. The van der Waals surface area contributed by atoms with E-state index in [2.05, 4.69) is 5.32 Å². The van der Waals surface area contributed by atoms with Crippen LogP contribution in [-0.2, 0) is 20.8 Å². The molecule has 1 aromatic rings. The Morgan fingerprint density at radius 1 is 1.00 bits per heavy atom. The fourth-order valence-corrected chi connectivity index (χ4v) is 5.21. The predicted octanol–water partition coefficient (Wildman–Crippen LogP) is 2.44. The predicted molar refractivity (Wildman–Crippen MR) is 127 cm³/mol. The summed E-state index contributed by atoms with van der Waals surface area (Å²) in [5.74, 6) is -2.28. The van der Waals surface area contributed by atoms with Crippen molar-refractivity contribution in [2.75, 3.05) is 6.54 Å². The SMILES string of the molecule is Cl.NCCCCC(N[C@@H](CCc1ccccc1)C(=O)O)C(=O)N1C2CCC(CC2)[C@H]1C(=O)O. The molecule has 1 aromatic carbocycles. The molecule has 8 nitrogen and oxygen atoms in total. The molecular formula is C24H36ClN3O5. The van der Waals surface area contributed by atoms with Gasteiger partial charge in [-0.1, -0.05) is 36.8 Å². The fourth-order valence-electron chi connectivity index (χ4n) is 5.21. The van der Waals surface area contributed by atoms with Crippen LogP contribution in [0.4, 0.5) is 0 Å². The number of nitrogens with two attached hydrogens (primary N) is 1. The molecule has 3 aliphatic rings. The smallest absolute Gasteiger partial charge is 0.326 e. The monoisotopic (exact) mass is 481 g/mol. The van der Waals surface area contributed by atoms with E-state index >= 15 is 0 Å². The van der Waals surface area contributed by atoms with Gasteiger partial charge in [0.05, 0.1) is 6.04 Å². The van der Waals surface area contributed by atoms with E-state index < -0.39 is 30.1 Å². The van der Waals surface area contributed by atoms with Gasteiger partial charge in [-0.15, -0.1) is 12.4 Å². The number of nitrogens with one attached hydrogen (secondary N) is 1. The van der Waals surface area contributed by atoms with Crippen LogP contribution < -0.4 is 11.1 Å². The minimum absolute atomic E-state index is 0. The van der Waals surface area contributed by atoms with Gasteiger partial charge in [0.1, 0.15) is 12.1 Å². The summed E-state index contributed by atoms with van der Waals surface area (Å²) in [6.45, 7) is 0.490. The maximum Gasteiger partial charge on any atom is 0.326 e. The molecule has 1 saturated carbocycles. The summed E-state index contributed by atoms with van der Waals surface area (Å²) in [5, 5.41) is 22.7. The number of carboxylic acid groups (broad SMARTS) is 2. The highest BCUT2D eigenvalue weighted by molar-refractivity contribution is 5.88. The van der Waals surface area contributed by atoms with Crippen LogP contribution in [0.15, 0.2) is 30.3 Å². The van der Waals surface area contributed by atoms with Crippen molar-refractivity contribution >= 4 is 30.3 Å². The number of rotatable bonds is 12. The Hall–Kier alpha value is -2.16. The molecule has 0 spiro atoms. The van der Waals surface area contributed by atoms with Crippen LogP contribution in [0.2, 0.25) is 0 Å². The number of hydrogen-bond donors (Lipinski definition) is 4. The summed E-state index contributed by atoms with van der Waals surface area (Å²) in [4.78, 5) is 39.1. The molecule has 0 radical (unpaired) electrons. The number of fused-ring (bicyclic) bond motifs is 3. The highest BCUT2D eigenvalue weighted by atomic mass is 35.5. The number of carboxylic acids is 2. The van der Waals surface area contributed by atoms with Gasteiger partial charge in [0.25, 0.3) is 0 Å². The van der Waals surface area contributed by atoms with Gasteiger partial charge < -0.3 is 20.8 Å². The molecule has 2 bridgehead atoms. The second kappa shape index (κ2) is 12.9. The van der Waals surface area contributed by atoms with Crippen molar-refractivity contribution in [3.63, 3.8) is 0 Å². The average Bonchev–Trinajstić information content (AvgIpc) is 2.80. The second-order valence-corrected chi connectivity index (χ2v) is 9.02. The van der Waals surface area contributed by atoms with E-state index in [-0.39, 0.29) is 30.3 Å². The van der Waals surface area contributed by atoms with Gasteiger partial charge in [-0.25, -0.2) is 4.79 Å². The van der Waals surface area contributed by atoms with E-state index in [0.29, 0.717) is 32.2 Å². The van der Waals surface area contributed by atoms with Crippen LogP contribution in [-0.4, -0.2) is 63.7 Å². The van der Waals surface area contributed by atoms with E-state index in [4.69, 9.17) is 5.73 Å². The molecule has 1 unspecified atom stereocenters. The molecular weight excluding hydrogens is 446 g/mol. The highest BCUT2D eigenvalue weighted by Gasteiger charge is 2.49. The quantitative estimate of drug-likeness (QED) is 0.337. The molecule has 0 aromatic heterocycles. The van der Waals surface area contributed by atoms with Crippen molar-refractivity contribution in [2.45, 2.75) is 82.0 Å². The summed E-state index contributed by atoms with van der Waals surface area (Å²) < 4.78 is 0. The van der Waals surface area contributed by atoms with Gasteiger partial charge in [-0.05, 0) is 69.4 Å². The molecule has 2 heterocycles. The number of aliphatic carboxylic acids is 2. The van der Waals surface area contributed by atoms with Crippen molar-refractivity contribution < 1.29 is 24.6 Å². The van der Waals surface area contributed by atoms with E-state index in [9.17, 15) is 24.6 Å². The summed E-state index contributed by atoms with van der Waals surface area (Å²) in [6.07, 6.45) is 6.02. The maximum absolute atomic E-state index is 13.6. The number of aryl methyl sites for hydroxylation is 1. The number of carbonyl (C=O) groups is 3. The average molecular weight is 482 g/mol. The maximum atomic E-state index is 13.6. The Bertz CT molecular complexity index is 786. The topological polar surface area (TPSA) is 133 Å².